The average molecular weight is 400 g/mol. The Labute approximate surface area is 176 Å². The summed E-state index contributed by atoms with van der Waals surface area (Å²) in [5, 5.41) is 8.04. The molecule has 0 saturated carbocycles. The van der Waals surface area contributed by atoms with Gasteiger partial charge >= 0.3 is 0 Å². The fourth-order valence-corrected chi connectivity index (χ4v) is 2.64. The molecule has 0 heterocycles. The van der Waals surface area contributed by atoms with Gasteiger partial charge in [0.15, 0.2) is 0 Å². The number of oxime groups is 1. The van der Waals surface area contributed by atoms with Crippen molar-refractivity contribution in [3.63, 3.8) is 0 Å². The van der Waals surface area contributed by atoms with E-state index in [2.05, 4.69) is 15.7 Å². The van der Waals surface area contributed by atoms with E-state index in [4.69, 9.17) is 4.84 Å². The molecule has 0 unspecified atom stereocenters. The molecular weight excluding hydrogens is 376 g/mol. The molecule has 0 bridgehead atoms. The number of hydrogen-bond acceptors (Lipinski definition) is 5. The highest BCUT2D eigenvalue weighted by atomic mass is 16.6. The van der Waals surface area contributed by atoms with Gasteiger partial charge in [-0.1, -0.05) is 53.7 Å². The molecule has 0 radical (unpaired) electrons. The highest BCUT2D eigenvalue weighted by Crippen LogP contribution is 2.12. The van der Waals surface area contributed by atoms with Crippen LogP contribution in [0.2, 0.25) is 0 Å². The van der Waals surface area contributed by atoms with Gasteiger partial charge in [0.2, 0.25) is 0 Å². The molecule has 0 aliphatic rings. The van der Waals surface area contributed by atoms with Gasteiger partial charge < -0.3 is 9.74 Å². The van der Waals surface area contributed by atoms with Crippen LogP contribution in [-0.2, 0) is 11.4 Å². The first kappa shape index (κ1) is 20.8. The van der Waals surface area contributed by atoms with E-state index in [9.17, 15) is 4.79 Å². The zero-order chi connectivity index (χ0) is 21.2. The molecule has 3 aromatic rings. The average Bonchev–Trinajstić information content (AvgIpc) is 2.78. The van der Waals surface area contributed by atoms with Crippen LogP contribution in [0.4, 0.5) is 5.69 Å². The molecular formula is C24H24N4O2. The number of anilines is 1. The molecule has 0 aliphatic heterocycles. The molecule has 30 heavy (non-hydrogen) atoms. The smallest absolute Gasteiger partial charge is 0.271 e. The van der Waals surface area contributed by atoms with Gasteiger partial charge in [-0.2, -0.15) is 5.10 Å². The first-order valence-electron chi connectivity index (χ1n) is 9.52. The molecule has 152 valence electrons. The zero-order valence-corrected chi connectivity index (χ0v) is 17.0. The van der Waals surface area contributed by atoms with Crippen molar-refractivity contribution in [2.24, 2.45) is 10.3 Å². The standard InChI is InChI=1S/C24H24N4O2/c1-28(2)23-13-11-22(12-14-23)24(29)27-25-16-20-9-6-10-21(15-20)17-26-30-18-19-7-4-3-5-8-19/h3-17H,18H2,1-2H3,(H,27,29)/b25-16+,26-17+. The third kappa shape index (κ3) is 6.31. The number of hydrogen-bond donors (Lipinski definition) is 1. The van der Waals surface area contributed by atoms with Crippen molar-refractivity contribution >= 4 is 24.0 Å². The largest absolute Gasteiger partial charge is 0.391 e. The van der Waals surface area contributed by atoms with Gasteiger partial charge in [-0.3, -0.25) is 4.79 Å². The van der Waals surface area contributed by atoms with Crippen LogP contribution in [-0.4, -0.2) is 32.4 Å². The SMILES string of the molecule is CN(C)c1ccc(C(=O)N/N=C/c2cccc(/C=N/OCc3ccccc3)c2)cc1. The molecule has 1 amide bonds. The zero-order valence-electron chi connectivity index (χ0n) is 17.0. The number of rotatable bonds is 8. The minimum Gasteiger partial charge on any atom is -0.391 e. The lowest BCUT2D eigenvalue weighted by molar-refractivity contribution is 0.0955. The van der Waals surface area contributed by atoms with Crippen LogP contribution in [0, 0.1) is 0 Å². The van der Waals surface area contributed by atoms with Gasteiger partial charge in [-0.05, 0) is 47.0 Å². The van der Waals surface area contributed by atoms with Crippen LogP contribution < -0.4 is 10.3 Å². The summed E-state index contributed by atoms with van der Waals surface area (Å²) in [5.74, 6) is -0.261. The molecule has 3 aromatic carbocycles. The Bertz CT molecular complexity index is 1010. The molecule has 0 aliphatic carbocycles. The fourth-order valence-electron chi connectivity index (χ4n) is 2.64. The second-order valence-electron chi connectivity index (χ2n) is 6.80. The van der Waals surface area contributed by atoms with Crippen molar-refractivity contribution in [2.75, 3.05) is 19.0 Å². The monoisotopic (exact) mass is 400 g/mol. The van der Waals surface area contributed by atoms with Crippen molar-refractivity contribution in [3.8, 4) is 0 Å². The summed E-state index contributed by atoms with van der Waals surface area (Å²) in [7, 11) is 3.90. The second kappa shape index (κ2) is 10.6. The summed E-state index contributed by atoms with van der Waals surface area (Å²) in [6.07, 6.45) is 3.24. The van der Waals surface area contributed by atoms with Crippen LogP contribution in [0.15, 0.2) is 89.1 Å². The number of carbonyl (C=O) groups excluding carboxylic acids is 1. The van der Waals surface area contributed by atoms with Crippen LogP contribution >= 0.6 is 0 Å². The molecule has 0 saturated heterocycles. The van der Waals surface area contributed by atoms with Crippen LogP contribution in [0.1, 0.15) is 27.0 Å². The first-order chi connectivity index (χ1) is 14.6. The molecule has 0 spiro atoms. The maximum atomic E-state index is 12.2. The third-order valence-corrected chi connectivity index (χ3v) is 4.29. The fraction of sp³-hybridized carbons (Fsp3) is 0.125. The topological polar surface area (TPSA) is 66.3 Å². The Hall–Kier alpha value is -3.93. The summed E-state index contributed by atoms with van der Waals surface area (Å²) in [6.45, 7) is 0.417. The summed E-state index contributed by atoms with van der Waals surface area (Å²) in [5.41, 5.74) is 6.89. The van der Waals surface area contributed by atoms with E-state index >= 15 is 0 Å². The van der Waals surface area contributed by atoms with Crippen molar-refractivity contribution in [1.29, 1.82) is 0 Å². The Morgan fingerprint density at radius 2 is 1.63 bits per heavy atom. The number of nitrogens with one attached hydrogen (secondary N) is 1. The van der Waals surface area contributed by atoms with Gasteiger partial charge in [-0.15, -0.1) is 0 Å². The van der Waals surface area contributed by atoms with Crippen molar-refractivity contribution in [2.45, 2.75) is 6.61 Å². The van der Waals surface area contributed by atoms with E-state index in [1.165, 1.54) is 0 Å². The predicted octanol–water partition coefficient (Wildman–Crippen LogP) is 4.07. The highest BCUT2D eigenvalue weighted by molar-refractivity contribution is 5.95. The lowest BCUT2D eigenvalue weighted by atomic mass is 10.1. The maximum Gasteiger partial charge on any atom is 0.271 e. The van der Waals surface area contributed by atoms with Gasteiger partial charge in [-0.25, -0.2) is 5.43 Å². The molecule has 6 heteroatoms. The Balaban J connectivity index is 1.52. The molecule has 3 rings (SSSR count). The Morgan fingerprint density at radius 1 is 0.933 bits per heavy atom. The summed E-state index contributed by atoms with van der Waals surface area (Å²) >= 11 is 0. The van der Waals surface area contributed by atoms with Gasteiger partial charge in [0.1, 0.15) is 6.61 Å². The van der Waals surface area contributed by atoms with E-state index in [1.807, 2.05) is 85.7 Å². The van der Waals surface area contributed by atoms with Crippen LogP contribution in [0.5, 0.6) is 0 Å². The molecule has 1 N–H and O–H groups in total. The Kier molecular flexibility index (Phi) is 7.33. The summed E-state index contributed by atoms with van der Waals surface area (Å²) in [4.78, 5) is 19.5. The van der Waals surface area contributed by atoms with Gasteiger partial charge in [0.25, 0.3) is 5.91 Å². The van der Waals surface area contributed by atoms with Gasteiger partial charge in [0, 0.05) is 25.3 Å². The van der Waals surface area contributed by atoms with Crippen molar-refractivity contribution in [1.82, 2.24) is 5.43 Å². The molecule has 6 nitrogen and oxygen atoms in total. The normalized spacial score (nSPS) is 11.0. The number of nitrogens with zero attached hydrogens (tertiary/aromatic N) is 3. The van der Waals surface area contributed by atoms with Crippen molar-refractivity contribution in [3.05, 3.63) is 101 Å². The number of amides is 1. The second-order valence-corrected chi connectivity index (χ2v) is 6.80. The predicted molar refractivity (Wildman–Crippen MR) is 121 cm³/mol. The summed E-state index contributed by atoms with van der Waals surface area (Å²) < 4.78 is 0. The highest BCUT2D eigenvalue weighted by Gasteiger charge is 2.04. The number of benzene rings is 3. The van der Waals surface area contributed by atoms with E-state index in [-0.39, 0.29) is 5.91 Å². The molecule has 0 aromatic heterocycles. The number of hydrazone groups is 1. The minimum atomic E-state index is -0.261. The summed E-state index contributed by atoms with van der Waals surface area (Å²) in [6, 6.07) is 24.8. The first-order valence-corrected chi connectivity index (χ1v) is 9.52. The molecule has 0 fully saturated rings. The van der Waals surface area contributed by atoms with Crippen LogP contribution in [0.3, 0.4) is 0 Å². The molecule has 0 atom stereocenters. The lowest BCUT2D eigenvalue weighted by Gasteiger charge is -2.12. The van der Waals surface area contributed by atoms with E-state index in [0.717, 1.165) is 22.4 Å². The third-order valence-electron chi connectivity index (χ3n) is 4.29. The lowest BCUT2D eigenvalue weighted by Crippen LogP contribution is -2.18. The quantitative estimate of drug-likeness (QED) is 0.458. The van der Waals surface area contributed by atoms with Crippen LogP contribution in [0.25, 0.3) is 0 Å². The van der Waals surface area contributed by atoms with E-state index in [1.54, 1.807) is 24.6 Å². The van der Waals surface area contributed by atoms with E-state index in [0.29, 0.717) is 12.2 Å². The van der Waals surface area contributed by atoms with Crippen molar-refractivity contribution < 1.29 is 9.63 Å². The Morgan fingerprint density at radius 3 is 2.33 bits per heavy atom. The van der Waals surface area contributed by atoms with E-state index < -0.39 is 0 Å². The van der Waals surface area contributed by atoms with Gasteiger partial charge in [0.05, 0.1) is 12.4 Å². The maximum absolute atomic E-state index is 12.2. The number of carbonyl (C=O) groups is 1. The minimum absolute atomic E-state index is 0.261.